The molecule has 3 heteroatoms. The Morgan fingerprint density at radius 3 is 1.26 bits per heavy atom. The zero-order valence-corrected chi connectivity index (χ0v) is 15.3. The lowest BCUT2D eigenvalue weighted by molar-refractivity contribution is 0.598. The minimum atomic E-state index is -3.46. The van der Waals surface area contributed by atoms with Gasteiger partial charge in [-0.1, -0.05) is 72.8 Å². The maximum absolute atomic E-state index is 13.0. The molecule has 4 aromatic rings. The van der Waals surface area contributed by atoms with Crippen molar-refractivity contribution in [1.82, 2.24) is 0 Å². The lowest BCUT2D eigenvalue weighted by Gasteiger charge is -2.07. The Labute approximate surface area is 158 Å². The Balaban J connectivity index is 1.74. The van der Waals surface area contributed by atoms with Crippen LogP contribution < -0.4 is 0 Å². The molecule has 0 bridgehead atoms. The van der Waals surface area contributed by atoms with Crippen LogP contribution in [0, 0.1) is 0 Å². The SMILES string of the molecule is O=S1(=O)c2ccc(-c3ccccc3)cc2-c2cc(-c3ccccc3)ccc21. The van der Waals surface area contributed by atoms with Crippen molar-refractivity contribution in [1.29, 1.82) is 0 Å². The highest BCUT2D eigenvalue weighted by Gasteiger charge is 2.33. The van der Waals surface area contributed by atoms with Crippen LogP contribution in [0.2, 0.25) is 0 Å². The summed E-state index contributed by atoms with van der Waals surface area (Å²) < 4.78 is 25.9. The van der Waals surface area contributed by atoms with Gasteiger partial charge in [-0.2, -0.15) is 0 Å². The quantitative estimate of drug-likeness (QED) is 0.393. The predicted octanol–water partition coefficient (Wildman–Crippen LogP) is 5.83. The zero-order valence-electron chi connectivity index (χ0n) is 14.5. The first kappa shape index (κ1) is 16.0. The van der Waals surface area contributed by atoms with E-state index in [2.05, 4.69) is 0 Å². The van der Waals surface area contributed by atoms with Gasteiger partial charge in [0.1, 0.15) is 0 Å². The van der Waals surface area contributed by atoms with Crippen LogP contribution in [0.4, 0.5) is 0 Å². The van der Waals surface area contributed by atoms with E-state index >= 15 is 0 Å². The van der Waals surface area contributed by atoms with E-state index in [0.717, 1.165) is 33.4 Å². The van der Waals surface area contributed by atoms with Crippen LogP contribution in [-0.4, -0.2) is 8.42 Å². The monoisotopic (exact) mass is 368 g/mol. The number of fused-ring (bicyclic) bond motifs is 3. The van der Waals surface area contributed by atoms with Gasteiger partial charge in [0.2, 0.25) is 9.84 Å². The molecule has 0 saturated carbocycles. The lowest BCUT2D eigenvalue weighted by atomic mass is 9.96. The van der Waals surface area contributed by atoms with Crippen molar-refractivity contribution >= 4 is 9.84 Å². The van der Waals surface area contributed by atoms with Gasteiger partial charge in [-0.15, -0.1) is 0 Å². The summed E-state index contributed by atoms with van der Waals surface area (Å²) in [6, 6.07) is 31.2. The molecule has 130 valence electrons. The van der Waals surface area contributed by atoms with Gasteiger partial charge in [0.25, 0.3) is 0 Å². The summed E-state index contributed by atoms with van der Waals surface area (Å²) in [7, 11) is -3.46. The topological polar surface area (TPSA) is 34.1 Å². The van der Waals surface area contributed by atoms with E-state index in [1.54, 1.807) is 12.1 Å². The minimum absolute atomic E-state index is 0.391. The molecule has 2 nitrogen and oxygen atoms in total. The van der Waals surface area contributed by atoms with E-state index in [9.17, 15) is 8.42 Å². The van der Waals surface area contributed by atoms with Crippen molar-refractivity contribution < 1.29 is 8.42 Å². The number of sulfone groups is 1. The molecule has 0 unspecified atom stereocenters. The second-order valence-corrected chi connectivity index (χ2v) is 8.54. The van der Waals surface area contributed by atoms with Crippen LogP contribution in [0.5, 0.6) is 0 Å². The minimum Gasteiger partial charge on any atom is -0.218 e. The Morgan fingerprint density at radius 2 is 0.852 bits per heavy atom. The molecule has 0 aliphatic carbocycles. The van der Waals surface area contributed by atoms with Crippen molar-refractivity contribution in [2.45, 2.75) is 9.79 Å². The molecule has 0 aromatic heterocycles. The van der Waals surface area contributed by atoms with Crippen LogP contribution >= 0.6 is 0 Å². The van der Waals surface area contributed by atoms with Gasteiger partial charge >= 0.3 is 0 Å². The molecule has 0 amide bonds. The van der Waals surface area contributed by atoms with Crippen molar-refractivity contribution in [3.63, 3.8) is 0 Å². The van der Waals surface area contributed by atoms with Crippen molar-refractivity contribution in [3.8, 4) is 33.4 Å². The highest BCUT2D eigenvalue weighted by molar-refractivity contribution is 7.92. The summed E-state index contributed by atoms with van der Waals surface area (Å²) in [6.07, 6.45) is 0. The molecule has 0 spiro atoms. The molecule has 0 N–H and O–H groups in total. The summed E-state index contributed by atoms with van der Waals surface area (Å²) in [6.45, 7) is 0. The second kappa shape index (κ2) is 5.93. The van der Waals surface area contributed by atoms with Gasteiger partial charge in [-0.3, -0.25) is 0 Å². The largest absolute Gasteiger partial charge is 0.218 e. The molecule has 27 heavy (non-hydrogen) atoms. The summed E-state index contributed by atoms with van der Waals surface area (Å²) in [5.74, 6) is 0. The van der Waals surface area contributed by atoms with Gasteiger partial charge in [0, 0.05) is 11.1 Å². The second-order valence-electron chi connectivity index (χ2n) is 6.66. The van der Waals surface area contributed by atoms with Gasteiger partial charge < -0.3 is 0 Å². The highest BCUT2D eigenvalue weighted by Crippen LogP contribution is 2.45. The molecular formula is C24H16O2S. The maximum atomic E-state index is 13.0. The normalized spacial score (nSPS) is 13.8. The maximum Gasteiger partial charge on any atom is 0.207 e. The van der Waals surface area contributed by atoms with E-state index < -0.39 is 9.84 Å². The molecule has 1 heterocycles. The third kappa shape index (κ3) is 2.51. The first-order chi connectivity index (χ1) is 13.1. The number of rotatable bonds is 2. The summed E-state index contributed by atoms with van der Waals surface area (Å²) in [4.78, 5) is 0.782. The molecule has 5 rings (SSSR count). The molecule has 0 radical (unpaired) electrons. The Kier molecular flexibility index (Phi) is 3.52. The van der Waals surface area contributed by atoms with E-state index in [4.69, 9.17) is 0 Å². The van der Waals surface area contributed by atoms with Crippen LogP contribution in [0.15, 0.2) is 107 Å². The third-order valence-corrected chi connectivity index (χ3v) is 6.91. The van der Waals surface area contributed by atoms with Gasteiger partial charge in [0.15, 0.2) is 0 Å². The molecule has 0 fully saturated rings. The van der Waals surface area contributed by atoms with Gasteiger partial charge in [0.05, 0.1) is 9.79 Å². The molecular weight excluding hydrogens is 352 g/mol. The number of benzene rings is 4. The van der Waals surface area contributed by atoms with E-state index in [0.29, 0.717) is 9.79 Å². The third-order valence-electron chi connectivity index (χ3n) is 5.04. The first-order valence-electron chi connectivity index (χ1n) is 8.79. The smallest absolute Gasteiger partial charge is 0.207 e. The summed E-state index contributed by atoms with van der Waals surface area (Å²) in [5, 5.41) is 0. The van der Waals surface area contributed by atoms with Crippen molar-refractivity contribution in [2.24, 2.45) is 0 Å². The van der Waals surface area contributed by atoms with E-state index in [1.807, 2.05) is 84.9 Å². The molecule has 0 saturated heterocycles. The summed E-state index contributed by atoms with van der Waals surface area (Å²) in [5.41, 5.74) is 5.74. The predicted molar refractivity (Wildman–Crippen MR) is 108 cm³/mol. The molecule has 0 atom stereocenters. The van der Waals surface area contributed by atoms with Crippen LogP contribution in [0.25, 0.3) is 33.4 Å². The fourth-order valence-corrected chi connectivity index (χ4v) is 5.34. The average Bonchev–Trinajstić information content (AvgIpc) is 2.96. The number of hydrogen-bond acceptors (Lipinski definition) is 2. The summed E-state index contributed by atoms with van der Waals surface area (Å²) >= 11 is 0. The fraction of sp³-hybridized carbons (Fsp3) is 0. The molecule has 4 aromatic carbocycles. The lowest BCUT2D eigenvalue weighted by Crippen LogP contribution is -1.96. The first-order valence-corrected chi connectivity index (χ1v) is 10.3. The van der Waals surface area contributed by atoms with Gasteiger partial charge in [-0.25, -0.2) is 8.42 Å². The Bertz CT molecular complexity index is 1160. The average molecular weight is 368 g/mol. The van der Waals surface area contributed by atoms with Crippen LogP contribution in [0.1, 0.15) is 0 Å². The zero-order chi connectivity index (χ0) is 18.4. The Morgan fingerprint density at radius 1 is 0.444 bits per heavy atom. The van der Waals surface area contributed by atoms with Gasteiger partial charge in [-0.05, 0) is 46.5 Å². The Hall–Kier alpha value is -3.17. The highest BCUT2D eigenvalue weighted by atomic mass is 32.2. The van der Waals surface area contributed by atoms with Crippen molar-refractivity contribution in [2.75, 3.05) is 0 Å². The van der Waals surface area contributed by atoms with Crippen molar-refractivity contribution in [3.05, 3.63) is 97.1 Å². The fourth-order valence-electron chi connectivity index (χ4n) is 3.69. The molecule has 1 aliphatic heterocycles. The van der Waals surface area contributed by atoms with Crippen LogP contribution in [0.3, 0.4) is 0 Å². The van der Waals surface area contributed by atoms with Crippen LogP contribution in [-0.2, 0) is 9.84 Å². The standard InChI is InChI=1S/C24H16O2S/c25-27(26)23-13-11-19(17-7-3-1-4-8-17)15-21(23)22-16-20(12-14-24(22)27)18-9-5-2-6-10-18/h1-16H. The van der Waals surface area contributed by atoms with E-state index in [-0.39, 0.29) is 0 Å². The van der Waals surface area contributed by atoms with E-state index in [1.165, 1.54) is 0 Å². The molecule has 1 aliphatic rings. The number of hydrogen-bond donors (Lipinski definition) is 0.